The van der Waals surface area contributed by atoms with E-state index in [-0.39, 0.29) is 10.6 Å². The summed E-state index contributed by atoms with van der Waals surface area (Å²) in [6.07, 6.45) is 0. The van der Waals surface area contributed by atoms with Crippen LogP contribution in [0.2, 0.25) is 5.15 Å². The predicted octanol–water partition coefficient (Wildman–Crippen LogP) is 4.37. The number of rotatable bonds is 0. The number of pyridine rings is 1. The lowest BCUT2D eigenvalue weighted by atomic mass is 9.86. The number of halogens is 1. The number of hydrogen-bond donors (Lipinski definition) is 0. The van der Waals surface area contributed by atoms with E-state index in [0.29, 0.717) is 5.56 Å². The van der Waals surface area contributed by atoms with Gasteiger partial charge in [0.25, 0.3) is 0 Å². The molecule has 0 N–H and O–H groups in total. The molecule has 0 spiro atoms. The quantitative estimate of drug-likeness (QED) is 0.658. The minimum Gasteiger partial charge on any atom is -0.235 e. The number of hydrogen-bond acceptors (Lipinski definition) is 2. The second-order valence-electron chi connectivity index (χ2n) is 5.50. The Kier molecular flexibility index (Phi) is 3.04. The van der Waals surface area contributed by atoms with Crippen LogP contribution in [0.4, 0.5) is 0 Å². The molecule has 18 heavy (non-hydrogen) atoms. The third kappa shape index (κ3) is 2.07. The van der Waals surface area contributed by atoms with Gasteiger partial charge in [0.05, 0.1) is 11.1 Å². The van der Waals surface area contributed by atoms with Crippen LogP contribution in [0.25, 0.3) is 10.9 Å². The molecule has 0 saturated carbocycles. The molecule has 3 heteroatoms. The monoisotopic (exact) mass is 258 g/mol. The van der Waals surface area contributed by atoms with Gasteiger partial charge < -0.3 is 0 Å². The van der Waals surface area contributed by atoms with Crippen LogP contribution in [0, 0.1) is 18.3 Å². The number of fused-ring (bicyclic) bond motifs is 1. The summed E-state index contributed by atoms with van der Waals surface area (Å²) in [6.45, 7) is 8.41. The molecule has 2 nitrogen and oxygen atoms in total. The Bertz CT molecular complexity index is 661. The molecule has 0 saturated heterocycles. The molecule has 92 valence electrons. The van der Waals surface area contributed by atoms with Gasteiger partial charge in [-0.15, -0.1) is 0 Å². The van der Waals surface area contributed by atoms with Crippen LogP contribution in [0.5, 0.6) is 0 Å². The van der Waals surface area contributed by atoms with E-state index in [1.54, 1.807) is 0 Å². The molecule has 1 aromatic heterocycles. The van der Waals surface area contributed by atoms with E-state index in [1.165, 1.54) is 5.56 Å². The summed E-state index contributed by atoms with van der Waals surface area (Å²) in [7, 11) is 0. The summed E-state index contributed by atoms with van der Waals surface area (Å²) in [5.74, 6) is 0. The topological polar surface area (TPSA) is 36.7 Å². The van der Waals surface area contributed by atoms with Crippen LogP contribution in [-0.4, -0.2) is 4.98 Å². The van der Waals surface area contributed by atoms with Crippen molar-refractivity contribution in [3.8, 4) is 6.07 Å². The molecule has 0 amide bonds. The highest BCUT2D eigenvalue weighted by atomic mass is 35.5. The number of aromatic nitrogens is 1. The molecular weight excluding hydrogens is 244 g/mol. The third-order valence-electron chi connectivity index (χ3n) is 3.18. The average molecular weight is 259 g/mol. The SMILES string of the molecule is Cc1c(C#N)c(Cl)nc2ccc(C(C)(C)C)cc12. The molecule has 0 aliphatic carbocycles. The molecule has 0 aliphatic rings. The number of aryl methyl sites for hydroxylation is 1. The van der Waals surface area contributed by atoms with Gasteiger partial charge in [-0.1, -0.05) is 38.4 Å². The van der Waals surface area contributed by atoms with Crippen LogP contribution in [0.3, 0.4) is 0 Å². The van der Waals surface area contributed by atoms with Gasteiger partial charge in [0.1, 0.15) is 11.2 Å². The largest absolute Gasteiger partial charge is 0.235 e. The number of nitriles is 1. The van der Waals surface area contributed by atoms with Crippen molar-refractivity contribution in [2.24, 2.45) is 0 Å². The summed E-state index contributed by atoms with van der Waals surface area (Å²) in [5, 5.41) is 10.4. The van der Waals surface area contributed by atoms with Crippen molar-refractivity contribution in [1.82, 2.24) is 4.98 Å². The van der Waals surface area contributed by atoms with Crippen molar-refractivity contribution in [2.75, 3.05) is 0 Å². The zero-order chi connectivity index (χ0) is 13.5. The Balaban J connectivity index is 2.82. The zero-order valence-corrected chi connectivity index (χ0v) is 11.8. The molecule has 0 unspecified atom stereocenters. The van der Waals surface area contributed by atoms with E-state index in [2.05, 4.69) is 44.0 Å². The van der Waals surface area contributed by atoms with Crippen molar-refractivity contribution in [1.29, 1.82) is 5.26 Å². The van der Waals surface area contributed by atoms with E-state index in [9.17, 15) is 0 Å². The van der Waals surface area contributed by atoms with E-state index >= 15 is 0 Å². The van der Waals surface area contributed by atoms with E-state index in [4.69, 9.17) is 16.9 Å². The highest BCUT2D eigenvalue weighted by Crippen LogP contribution is 2.30. The summed E-state index contributed by atoms with van der Waals surface area (Å²) in [4.78, 5) is 4.27. The highest BCUT2D eigenvalue weighted by molar-refractivity contribution is 6.31. The van der Waals surface area contributed by atoms with Gasteiger partial charge in [0, 0.05) is 5.39 Å². The minimum absolute atomic E-state index is 0.0765. The van der Waals surface area contributed by atoms with Gasteiger partial charge in [-0.05, 0) is 35.6 Å². The van der Waals surface area contributed by atoms with E-state index < -0.39 is 0 Å². The van der Waals surface area contributed by atoms with Crippen LogP contribution in [0.15, 0.2) is 18.2 Å². The van der Waals surface area contributed by atoms with Crippen molar-refractivity contribution in [3.05, 3.63) is 40.0 Å². The third-order valence-corrected chi connectivity index (χ3v) is 3.45. The Morgan fingerprint density at radius 3 is 2.50 bits per heavy atom. The minimum atomic E-state index is 0.0765. The van der Waals surface area contributed by atoms with Gasteiger partial charge in [-0.25, -0.2) is 4.98 Å². The van der Waals surface area contributed by atoms with Crippen molar-refractivity contribution < 1.29 is 0 Å². The smallest absolute Gasteiger partial charge is 0.147 e. The standard InChI is InChI=1S/C15H15ClN2/c1-9-11-7-10(15(2,3)4)5-6-13(11)18-14(16)12(9)8-17/h5-7H,1-4H3. The fourth-order valence-electron chi connectivity index (χ4n) is 1.98. The molecule has 0 atom stereocenters. The van der Waals surface area contributed by atoms with Gasteiger partial charge >= 0.3 is 0 Å². The van der Waals surface area contributed by atoms with E-state index in [0.717, 1.165) is 16.5 Å². The maximum atomic E-state index is 9.11. The molecule has 1 heterocycles. The van der Waals surface area contributed by atoms with Gasteiger partial charge in [0.15, 0.2) is 0 Å². The number of nitrogens with zero attached hydrogens (tertiary/aromatic N) is 2. The predicted molar refractivity (Wildman–Crippen MR) is 74.9 cm³/mol. The highest BCUT2D eigenvalue weighted by Gasteiger charge is 2.16. The van der Waals surface area contributed by atoms with Crippen LogP contribution < -0.4 is 0 Å². The van der Waals surface area contributed by atoms with Crippen LogP contribution in [-0.2, 0) is 5.41 Å². The Labute approximate surface area is 112 Å². The van der Waals surface area contributed by atoms with Gasteiger partial charge in [-0.3, -0.25) is 0 Å². The normalized spacial score (nSPS) is 11.6. The van der Waals surface area contributed by atoms with Gasteiger partial charge in [0.2, 0.25) is 0 Å². The summed E-state index contributed by atoms with van der Waals surface area (Å²) < 4.78 is 0. The Morgan fingerprint density at radius 1 is 1.28 bits per heavy atom. The molecule has 0 bridgehead atoms. The molecule has 2 rings (SSSR count). The molecule has 0 fully saturated rings. The first-order chi connectivity index (χ1) is 8.34. The van der Waals surface area contributed by atoms with E-state index in [1.807, 2.05) is 13.0 Å². The summed E-state index contributed by atoms with van der Waals surface area (Å²) >= 11 is 6.00. The first kappa shape index (κ1) is 12.9. The fourth-order valence-corrected chi connectivity index (χ4v) is 2.26. The molecule has 2 aromatic rings. The second-order valence-corrected chi connectivity index (χ2v) is 5.85. The maximum absolute atomic E-state index is 9.11. The average Bonchev–Trinajstić information content (AvgIpc) is 2.27. The first-order valence-electron chi connectivity index (χ1n) is 5.85. The van der Waals surface area contributed by atoms with Crippen LogP contribution >= 0.6 is 11.6 Å². The second kappa shape index (κ2) is 4.26. The summed E-state index contributed by atoms with van der Waals surface area (Å²) in [6, 6.07) is 8.26. The van der Waals surface area contributed by atoms with Crippen LogP contribution in [0.1, 0.15) is 37.5 Å². The lowest BCUT2D eigenvalue weighted by molar-refractivity contribution is 0.591. The lowest BCUT2D eigenvalue weighted by Crippen LogP contribution is -2.11. The van der Waals surface area contributed by atoms with Crippen molar-refractivity contribution >= 4 is 22.5 Å². The number of benzene rings is 1. The van der Waals surface area contributed by atoms with Gasteiger partial charge in [-0.2, -0.15) is 5.26 Å². The molecule has 0 radical (unpaired) electrons. The Hall–Kier alpha value is -1.59. The molecule has 1 aromatic carbocycles. The maximum Gasteiger partial charge on any atom is 0.147 e. The fraction of sp³-hybridized carbons (Fsp3) is 0.333. The summed E-state index contributed by atoms with van der Waals surface area (Å²) in [5.41, 5.74) is 3.51. The molecular formula is C15H15ClN2. The van der Waals surface area contributed by atoms with Crippen molar-refractivity contribution in [2.45, 2.75) is 33.1 Å². The Morgan fingerprint density at radius 2 is 1.94 bits per heavy atom. The van der Waals surface area contributed by atoms with Crippen molar-refractivity contribution in [3.63, 3.8) is 0 Å². The molecule has 0 aliphatic heterocycles. The lowest BCUT2D eigenvalue weighted by Gasteiger charge is -2.20. The zero-order valence-electron chi connectivity index (χ0n) is 11.0. The first-order valence-corrected chi connectivity index (χ1v) is 6.23.